The summed E-state index contributed by atoms with van der Waals surface area (Å²) in [6.45, 7) is 0.713. The minimum absolute atomic E-state index is 0.0833. The van der Waals surface area contributed by atoms with Crippen molar-refractivity contribution in [2.45, 2.75) is 12.8 Å². The van der Waals surface area contributed by atoms with Crippen LogP contribution in [0.5, 0.6) is 5.75 Å². The summed E-state index contributed by atoms with van der Waals surface area (Å²) in [6, 6.07) is 10.9. The van der Waals surface area contributed by atoms with Crippen molar-refractivity contribution in [1.29, 1.82) is 0 Å². The molecule has 0 aliphatic rings. The number of ether oxygens (including phenoxy) is 1. The van der Waals surface area contributed by atoms with Crippen LogP contribution in [-0.4, -0.2) is 31.5 Å². The van der Waals surface area contributed by atoms with E-state index in [9.17, 15) is 14.0 Å². The maximum absolute atomic E-state index is 13.1. The first-order chi connectivity index (χ1) is 13.0. The van der Waals surface area contributed by atoms with Crippen molar-refractivity contribution in [3.63, 3.8) is 0 Å². The summed E-state index contributed by atoms with van der Waals surface area (Å²) in [4.78, 5) is 23.5. The van der Waals surface area contributed by atoms with Gasteiger partial charge < -0.3 is 15.4 Å². The molecule has 2 rings (SSSR count). The van der Waals surface area contributed by atoms with Crippen LogP contribution in [-0.2, 0) is 16.0 Å². The number of halogens is 3. The van der Waals surface area contributed by atoms with E-state index in [0.29, 0.717) is 21.4 Å². The highest BCUT2D eigenvalue weighted by Crippen LogP contribution is 2.31. The predicted molar refractivity (Wildman–Crippen MR) is 103 cm³/mol. The Hall–Kier alpha value is -2.31. The molecule has 2 N–H and O–H groups in total. The van der Waals surface area contributed by atoms with Gasteiger partial charge in [0.2, 0.25) is 11.8 Å². The fourth-order valence-corrected chi connectivity index (χ4v) is 2.58. The summed E-state index contributed by atoms with van der Waals surface area (Å²) in [5.41, 5.74) is 0.591. The highest BCUT2D eigenvalue weighted by atomic mass is 35.5. The van der Waals surface area contributed by atoms with Crippen molar-refractivity contribution in [3.8, 4) is 5.75 Å². The summed E-state index contributed by atoms with van der Waals surface area (Å²) >= 11 is 11.9. The first kappa shape index (κ1) is 21.0. The molecule has 0 aliphatic heterocycles. The smallest absolute Gasteiger partial charge is 0.224 e. The average molecular weight is 413 g/mol. The SMILES string of the molecule is O=C(CCOc1cccc(Cl)c1Cl)NCCNC(=O)Cc1cccc(F)c1. The number of rotatable bonds is 9. The van der Waals surface area contributed by atoms with Gasteiger partial charge in [-0.2, -0.15) is 0 Å². The molecule has 2 aromatic carbocycles. The second-order valence-electron chi connectivity index (χ2n) is 5.66. The summed E-state index contributed by atoms with van der Waals surface area (Å²) in [5.74, 6) is -0.420. The molecule has 2 aromatic rings. The highest BCUT2D eigenvalue weighted by Gasteiger charge is 2.07. The third kappa shape index (κ3) is 7.45. The average Bonchev–Trinajstić information content (AvgIpc) is 2.62. The fourth-order valence-electron chi connectivity index (χ4n) is 2.24. The van der Waals surface area contributed by atoms with Crippen molar-refractivity contribution < 1.29 is 18.7 Å². The quantitative estimate of drug-likeness (QED) is 0.620. The summed E-state index contributed by atoms with van der Waals surface area (Å²) in [7, 11) is 0. The van der Waals surface area contributed by atoms with Crippen LogP contribution in [0.2, 0.25) is 10.0 Å². The van der Waals surface area contributed by atoms with E-state index in [0.717, 1.165) is 0 Å². The number of nitrogens with one attached hydrogen (secondary N) is 2. The van der Waals surface area contributed by atoms with E-state index in [1.807, 2.05) is 0 Å². The number of carbonyl (C=O) groups excluding carboxylic acids is 2. The molecule has 0 radical (unpaired) electrons. The standard InChI is InChI=1S/C19H19Cl2FN2O3/c20-15-5-2-6-16(19(15)21)27-10-7-17(25)23-8-9-24-18(26)12-13-3-1-4-14(22)11-13/h1-6,11H,7-10,12H2,(H,23,25)(H,24,26). The Kier molecular flexibility index (Phi) is 8.36. The van der Waals surface area contributed by atoms with Crippen molar-refractivity contribution in [3.05, 3.63) is 63.9 Å². The molecule has 8 heteroatoms. The van der Waals surface area contributed by atoms with Crippen molar-refractivity contribution in [2.24, 2.45) is 0 Å². The Morgan fingerprint density at radius 2 is 1.70 bits per heavy atom. The lowest BCUT2D eigenvalue weighted by atomic mass is 10.1. The molecule has 0 aromatic heterocycles. The molecular weight excluding hydrogens is 394 g/mol. The van der Waals surface area contributed by atoms with Gasteiger partial charge in [-0.15, -0.1) is 0 Å². The second kappa shape index (κ2) is 10.7. The van der Waals surface area contributed by atoms with Crippen molar-refractivity contribution in [2.75, 3.05) is 19.7 Å². The molecule has 0 unspecified atom stereocenters. The van der Waals surface area contributed by atoms with E-state index in [2.05, 4.69) is 10.6 Å². The zero-order valence-electron chi connectivity index (χ0n) is 14.4. The Balaban J connectivity index is 1.59. The van der Waals surface area contributed by atoms with Gasteiger partial charge in [-0.1, -0.05) is 41.4 Å². The lowest BCUT2D eigenvalue weighted by Gasteiger charge is -2.10. The van der Waals surface area contributed by atoms with Crippen LogP contribution in [0.25, 0.3) is 0 Å². The molecular formula is C19H19Cl2FN2O3. The van der Waals surface area contributed by atoms with Gasteiger partial charge in [0.15, 0.2) is 0 Å². The van der Waals surface area contributed by atoms with E-state index in [1.54, 1.807) is 30.3 Å². The molecule has 144 valence electrons. The predicted octanol–water partition coefficient (Wildman–Crippen LogP) is 3.38. The Bertz CT molecular complexity index is 802. The molecule has 0 bridgehead atoms. The molecule has 2 amide bonds. The normalized spacial score (nSPS) is 10.3. The Morgan fingerprint density at radius 1 is 1.00 bits per heavy atom. The van der Waals surface area contributed by atoms with E-state index in [1.165, 1.54) is 12.1 Å². The third-order valence-electron chi connectivity index (χ3n) is 3.53. The van der Waals surface area contributed by atoms with Gasteiger partial charge in [0.1, 0.15) is 16.6 Å². The molecule has 5 nitrogen and oxygen atoms in total. The molecule has 0 aliphatic carbocycles. The lowest BCUT2D eigenvalue weighted by molar-refractivity contribution is -0.122. The zero-order chi connectivity index (χ0) is 19.6. The van der Waals surface area contributed by atoms with E-state index in [-0.39, 0.29) is 50.2 Å². The lowest BCUT2D eigenvalue weighted by Crippen LogP contribution is -2.35. The first-order valence-electron chi connectivity index (χ1n) is 8.30. The number of carbonyl (C=O) groups is 2. The molecule has 0 spiro atoms. The maximum atomic E-state index is 13.1. The van der Waals surface area contributed by atoms with Crippen LogP contribution in [0.4, 0.5) is 4.39 Å². The van der Waals surface area contributed by atoms with Crippen molar-refractivity contribution >= 4 is 35.0 Å². The van der Waals surface area contributed by atoms with E-state index < -0.39 is 0 Å². The molecule has 0 atom stereocenters. The van der Waals surface area contributed by atoms with Gasteiger partial charge in [-0.3, -0.25) is 9.59 Å². The van der Waals surface area contributed by atoms with Crippen LogP contribution in [0.1, 0.15) is 12.0 Å². The van der Waals surface area contributed by atoms with Crippen molar-refractivity contribution in [1.82, 2.24) is 10.6 Å². The third-order valence-corrected chi connectivity index (χ3v) is 4.33. The Labute approximate surface area is 166 Å². The molecule has 0 saturated heterocycles. The van der Waals surface area contributed by atoms with Crippen LogP contribution in [0.15, 0.2) is 42.5 Å². The molecule has 27 heavy (non-hydrogen) atoms. The fraction of sp³-hybridized carbons (Fsp3) is 0.263. The van der Waals surface area contributed by atoms with Gasteiger partial charge in [-0.25, -0.2) is 4.39 Å². The number of amides is 2. The highest BCUT2D eigenvalue weighted by molar-refractivity contribution is 6.42. The topological polar surface area (TPSA) is 67.4 Å². The summed E-state index contributed by atoms with van der Waals surface area (Å²) in [5, 5.41) is 6.02. The first-order valence-corrected chi connectivity index (χ1v) is 9.06. The van der Waals surface area contributed by atoms with Gasteiger partial charge in [0.25, 0.3) is 0 Å². The number of benzene rings is 2. The van der Waals surface area contributed by atoms with E-state index in [4.69, 9.17) is 27.9 Å². The number of hydrogen-bond donors (Lipinski definition) is 2. The second-order valence-corrected chi connectivity index (χ2v) is 6.44. The van der Waals surface area contributed by atoms with Gasteiger partial charge in [0, 0.05) is 13.1 Å². The monoisotopic (exact) mass is 412 g/mol. The van der Waals surface area contributed by atoms with Gasteiger partial charge >= 0.3 is 0 Å². The largest absolute Gasteiger partial charge is 0.491 e. The van der Waals surface area contributed by atoms with E-state index >= 15 is 0 Å². The van der Waals surface area contributed by atoms with Crippen LogP contribution < -0.4 is 15.4 Å². The minimum atomic E-state index is -0.381. The van der Waals surface area contributed by atoms with Crippen LogP contribution in [0, 0.1) is 5.82 Å². The number of hydrogen-bond acceptors (Lipinski definition) is 3. The minimum Gasteiger partial charge on any atom is -0.491 e. The Morgan fingerprint density at radius 3 is 2.44 bits per heavy atom. The van der Waals surface area contributed by atoms with Crippen LogP contribution in [0.3, 0.4) is 0 Å². The van der Waals surface area contributed by atoms with Gasteiger partial charge in [-0.05, 0) is 29.8 Å². The van der Waals surface area contributed by atoms with Crippen LogP contribution >= 0.6 is 23.2 Å². The zero-order valence-corrected chi connectivity index (χ0v) is 15.9. The summed E-state index contributed by atoms with van der Waals surface area (Å²) < 4.78 is 18.5. The molecule has 0 heterocycles. The maximum Gasteiger partial charge on any atom is 0.224 e. The molecule has 0 fully saturated rings. The van der Waals surface area contributed by atoms with Gasteiger partial charge in [0.05, 0.1) is 24.5 Å². The summed E-state index contributed by atoms with van der Waals surface area (Å²) in [6.07, 6.45) is 0.222. The molecule has 0 saturated carbocycles.